The van der Waals surface area contributed by atoms with Gasteiger partial charge in [-0.15, -0.1) is 0 Å². The molecule has 1 unspecified atom stereocenters. The van der Waals surface area contributed by atoms with Gasteiger partial charge in [0.25, 0.3) is 5.91 Å². The number of hydrogen-bond donors (Lipinski definition) is 1. The maximum absolute atomic E-state index is 13.6. The molecule has 5 nitrogen and oxygen atoms in total. The van der Waals surface area contributed by atoms with Gasteiger partial charge in [-0.3, -0.25) is 4.79 Å². The normalized spacial score (nSPS) is 26.2. The van der Waals surface area contributed by atoms with Crippen molar-refractivity contribution in [1.29, 1.82) is 0 Å². The highest BCUT2D eigenvalue weighted by molar-refractivity contribution is 5.98. The Labute approximate surface area is 176 Å². The number of nitrogens with zero attached hydrogens (tertiary/aromatic N) is 2. The van der Waals surface area contributed by atoms with Crippen molar-refractivity contribution >= 4 is 5.91 Å². The Morgan fingerprint density at radius 1 is 1.03 bits per heavy atom. The molecule has 2 heterocycles. The van der Waals surface area contributed by atoms with Crippen LogP contribution in [0, 0.1) is 5.92 Å². The summed E-state index contributed by atoms with van der Waals surface area (Å²) in [6.07, 6.45) is 5.85. The number of likely N-dealkylation sites (tertiary alicyclic amines) is 1. The minimum atomic E-state index is -0.894. The number of benzene rings is 2. The summed E-state index contributed by atoms with van der Waals surface area (Å²) < 4.78 is 5.60. The summed E-state index contributed by atoms with van der Waals surface area (Å²) in [5.74, 6) is 0.435. The van der Waals surface area contributed by atoms with Gasteiger partial charge in [-0.25, -0.2) is 4.98 Å². The number of carbonyl (C=O) groups is 1. The highest BCUT2D eigenvalue weighted by atomic mass is 16.3. The Bertz CT molecular complexity index is 1020. The number of rotatable bonds is 3. The lowest BCUT2D eigenvalue weighted by atomic mass is 9.66. The molecule has 1 aliphatic heterocycles. The Hall–Kier alpha value is -2.92. The third-order valence-electron chi connectivity index (χ3n) is 6.82. The fourth-order valence-electron chi connectivity index (χ4n) is 5.35. The minimum Gasteiger partial charge on any atom is -0.443 e. The standard InChI is InChI=1S/C25H26N2O3/c28-24(22-23(30-17-26-22)18-9-3-1-4-10-18)27-16-15-25(29,19-11-5-2-6-12-19)20-13-7-8-14-21(20)27/h1-6,9-12,17,20-21,29H,7-8,13-16H2/t20-,21?,25-/m1/s1. The summed E-state index contributed by atoms with van der Waals surface area (Å²) >= 11 is 0. The van der Waals surface area contributed by atoms with Crippen LogP contribution in [0.3, 0.4) is 0 Å². The largest absolute Gasteiger partial charge is 0.443 e. The molecule has 1 saturated heterocycles. The van der Waals surface area contributed by atoms with Crippen LogP contribution >= 0.6 is 0 Å². The molecule has 5 rings (SSSR count). The van der Waals surface area contributed by atoms with Gasteiger partial charge in [-0.05, 0) is 24.8 Å². The van der Waals surface area contributed by atoms with Crippen LogP contribution in [0.1, 0.15) is 48.2 Å². The van der Waals surface area contributed by atoms with Crippen molar-refractivity contribution in [2.45, 2.75) is 43.7 Å². The number of aromatic nitrogens is 1. The molecule has 0 radical (unpaired) electrons. The molecule has 154 valence electrons. The molecule has 0 bridgehead atoms. The number of hydrogen-bond acceptors (Lipinski definition) is 4. The maximum Gasteiger partial charge on any atom is 0.276 e. The summed E-state index contributed by atoms with van der Waals surface area (Å²) in [6.45, 7) is 0.506. The van der Waals surface area contributed by atoms with E-state index in [2.05, 4.69) is 4.98 Å². The molecule has 1 amide bonds. The Balaban J connectivity index is 1.47. The summed E-state index contributed by atoms with van der Waals surface area (Å²) in [6, 6.07) is 19.6. The van der Waals surface area contributed by atoms with Crippen molar-refractivity contribution in [3.63, 3.8) is 0 Å². The van der Waals surface area contributed by atoms with E-state index in [1.54, 1.807) is 0 Å². The highest BCUT2D eigenvalue weighted by Gasteiger charge is 2.50. The molecule has 2 aliphatic rings. The molecular formula is C25H26N2O3. The van der Waals surface area contributed by atoms with Crippen molar-refractivity contribution in [2.24, 2.45) is 5.92 Å². The van der Waals surface area contributed by atoms with Gasteiger partial charge in [-0.2, -0.15) is 0 Å². The Morgan fingerprint density at radius 2 is 1.73 bits per heavy atom. The molecular weight excluding hydrogens is 376 g/mol. The van der Waals surface area contributed by atoms with Crippen LogP contribution in [0.25, 0.3) is 11.3 Å². The molecule has 2 aromatic carbocycles. The average Bonchev–Trinajstić information content (AvgIpc) is 3.30. The third kappa shape index (κ3) is 3.14. The highest BCUT2D eigenvalue weighted by Crippen LogP contribution is 2.47. The van der Waals surface area contributed by atoms with Crippen LogP contribution < -0.4 is 0 Å². The van der Waals surface area contributed by atoms with Gasteiger partial charge < -0.3 is 14.4 Å². The summed E-state index contributed by atoms with van der Waals surface area (Å²) in [7, 11) is 0. The van der Waals surface area contributed by atoms with E-state index >= 15 is 0 Å². The molecule has 2 fully saturated rings. The summed E-state index contributed by atoms with van der Waals surface area (Å²) in [5, 5.41) is 11.7. The van der Waals surface area contributed by atoms with Crippen molar-refractivity contribution < 1.29 is 14.3 Å². The lowest BCUT2D eigenvalue weighted by Crippen LogP contribution is -2.59. The van der Waals surface area contributed by atoms with Gasteiger partial charge in [0.05, 0.1) is 5.60 Å². The number of piperidine rings is 1. The van der Waals surface area contributed by atoms with E-state index in [9.17, 15) is 9.90 Å². The zero-order valence-corrected chi connectivity index (χ0v) is 16.9. The maximum atomic E-state index is 13.6. The fourth-order valence-corrected chi connectivity index (χ4v) is 5.35. The molecule has 0 spiro atoms. The van der Waals surface area contributed by atoms with Crippen molar-refractivity contribution in [3.8, 4) is 11.3 Å². The van der Waals surface area contributed by atoms with Gasteiger partial charge in [-0.1, -0.05) is 73.5 Å². The van der Waals surface area contributed by atoms with Crippen LogP contribution in [0.5, 0.6) is 0 Å². The van der Waals surface area contributed by atoms with Gasteiger partial charge in [0.15, 0.2) is 17.8 Å². The SMILES string of the molecule is O=C(c1ncoc1-c1ccccc1)N1CC[C@@](O)(c2ccccc2)[C@@H]2CCCCC21. The van der Waals surface area contributed by atoms with Gasteiger partial charge in [0, 0.05) is 24.1 Å². The van der Waals surface area contributed by atoms with E-state index in [1.165, 1.54) is 6.39 Å². The van der Waals surface area contributed by atoms with Crippen LogP contribution in [0.4, 0.5) is 0 Å². The number of fused-ring (bicyclic) bond motifs is 1. The fraction of sp³-hybridized carbons (Fsp3) is 0.360. The molecule has 5 heteroatoms. The number of aliphatic hydroxyl groups is 1. The minimum absolute atomic E-state index is 0.00512. The van der Waals surface area contributed by atoms with Crippen molar-refractivity contribution in [3.05, 3.63) is 78.3 Å². The molecule has 3 aromatic rings. The lowest BCUT2D eigenvalue weighted by molar-refractivity contribution is -0.110. The van der Waals surface area contributed by atoms with Crippen LogP contribution in [-0.2, 0) is 5.60 Å². The second kappa shape index (κ2) is 7.73. The van der Waals surface area contributed by atoms with E-state index < -0.39 is 5.60 Å². The zero-order chi connectivity index (χ0) is 20.6. The molecule has 1 aliphatic carbocycles. The number of oxazole rings is 1. The molecule has 3 atom stereocenters. The first kappa shape index (κ1) is 19.1. The first-order chi connectivity index (χ1) is 14.7. The molecule has 1 N–H and O–H groups in total. The first-order valence-corrected chi connectivity index (χ1v) is 10.8. The lowest BCUT2D eigenvalue weighted by Gasteiger charge is -2.52. The van der Waals surface area contributed by atoms with Gasteiger partial charge in [0.1, 0.15) is 0 Å². The van der Waals surface area contributed by atoms with Gasteiger partial charge >= 0.3 is 0 Å². The van der Waals surface area contributed by atoms with Crippen LogP contribution in [0.2, 0.25) is 0 Å². The Morgan fingerprint density at radius 3 is 2.50 bits per heavy atom. The quantitative estimate of drug-likeness (QED) is 0.693. The monoisotopic (exact) mass is 402 g/mol. The predicted octanol–water partition coefficient (Wildman–Crippen LogP) is 4.63. The summed E-state index contributed by atoms with van der Waals surface area (Å²) in [5.41, 5.74) is 1.27. The van der Waals surface area contributed by atoms with E-state index in [1.807, 2.05) is 65.6 Å². The van der Waals surface area contributed by atoms with Crippen molar-refractivity contribution in [2.75, 3.05) is 6.54 Å². The van der Waals surface area contributed by atoms with Crippen molar-refractivity contribution in [1.82, 2.24) is 9.88 Å². The van der Waals surface area contributed by atoms with E-state index in [0.29, 0.717) is 24.4 Å². The van der Waals surface area contributed by atoms with E-state index in [-0.39, 0.29) is 17.9 Å². The molecule has 1 aromatic heterocycles. The Kier molecular flexibility index (Phi) is 4.91. The second-order valence-corrected chi connectivity index (χ2v) is 8.39. The second-order valence-electron chi connectivity index (χ2n) is 8.39. The topological polar surface area (TPSA) is 66.6 Å². The first-order valence-electron chi connectivity index (χ1n) is 10.8. The zero-order valence-electron chi connectivity index (χ0n) is 16.9. The molecule has 1 saturated carbocycles. The molecule has 30 heavy (non-hydrogen) atoms. The third-order valence-corrected chi connectivity index (χ3v) is 6.82. The van der Waals surface area contributed by atoms with Crippen LogP contribution in [0.15, 0.2) is 71.5 Å². The van der Waals surface area contributed by atoms with Crippen LogP contribution in [-0.4, -0.2) is 33.5 Å². The predicted molar refractivity (Wildman–Crippen MR) is 114 cm³/mol. The smallest absolute Gasteiger partial charge is 0.276 e. The van der Waals surface area contributed by atoms with E-state index in [0.717, 1.165) is 36.8 Å². The van der Waals surface area contributed by atoms with Gasteiger partial charge in [0.2, 0.25) is 0 Å². The summed E-state index contributed by atoms with van der Waals surface area (Å²) in [4.78, 5) is 19.8. The number of amides is 1. The van der Waals surface area contributed by atoms with E-state index in [4.69, 9.17) is 4.42 Å². The average molecular weight is 402 g/mol. The number of carbonyl (C=O) groups excluding carboxylic acids is 1.